The molecule has 0 bridgehead atoms. The number of nitrogens with zero attached hydrogens (tertiary/aromatic N) is 2. The van der Waals surface area contributed by atoms with Crippen molar-refractivity contribution in [2.75, 3.05) is 13.2 Å². The molecule has 1 aliphatic heterocycles. The van der Waals surface area contributed by atoms with Gasteiger partial charge in [-0.1, -0.05) is 6.07 Å². The molecule has 1 atom stereocenters. The average molecular weight is 329 g/mol. The van der Waals surface area contributed by atoms with E-state index in [9.17, 15) is 0 Å². The molecular formula is C17H19N3O2S. The largest absolute Gasteiger partial charge is 0.490 e. The normalized spacial score (nSPS) is 15.5. The Labute approximate surface area is 138 Å². The summed E-state index contributed by atoms with van der Waals surface area (Å²) in [4.78, 5) is 5.63. The van der Waals surface area contributed by atoms with Crippen LogP contribution in [0.25, 0.3) is 4.96 Å². The second kappa shape index (κ2) is 6.22. The van der Waals surface area contributed by atoms with Gasteiger partial charge in [0.2, 0.25) is 0 Å². The first-order valence-corrected chi connectivity index (χ1v) is 8.71. The van der Waals surface area contributed by atoms with Gasteiger partial charge >= 0.3 is 0 Å². The minimum absolute atomic E-state index is 0.215. The monoisotopic (exact) mass is 329 g/mol. The van der Waals surface area contributed by atoms with Gasteiger partial charge in [0.1, 0.15) is 0 Å². The molecule has 2 aromatic heterocycles. The third kappa shape index (κ3) is 3.04. The Morgan fingerprint density at radius 2 is 2.17 bits per heavy atom. The molecule has 3 heterocycles. The van der Waals surface area contributed by atoms with Crippen LogP contribution in [0.5, 0.6) is 11.5 Å². The van der Waals surface area contributed by atoms with Crippen LogP contribution in [0, 0.1) is 0 Å². The first kappa shape index (κ1) is 14.5. The SMILES string of the molecule is CC(NCc1cn2ccsc2n1)c1ccc2c(c1)OCCCO2. The Balaban J connectivity index is 1.45. The zero-order valence-corrected chi connectivity index (χ0v) is 13.8. The number of thiazole rings is 1. The van der Waals surface area contributed by atoms with E-state index < -0.39 is 0 Å². The van der Waals surface area contributed by atoms with E-state index in [-0.39, 0.29) is 6.04 Å². The highest BCUT2D eigenvalue weighted by Crippen LogP contribution is 2.32. The maximum Gasteiger partial charge on any atom is 0.193 e. The van der Waals surface area contributed by atoms with Crippen LogP contribution in [-0.2, 0) is 6.54 Å². The van der Waals surface area contributed by atoms with Crippen LogP contribution >= 0.6 is 11.3 Å². The number of hydrogen-bond acceptors (Lipinski definition) is 5. The summed E-state index contributed by atoms with van der Waals surface area (Å²) in [5.41, 5.74) is 2.24. The molecule has 23 heavy (non-hydrogen) atoms. The predicted molar refractivity (Wildman–Crippen MR) is 90.4 cm³/mol. The van der Waals surface area contributed by atoms with Crippen LogP contribution in [0.2, 0.25) is 0 Å². The summed E-state index contributed by atoms with van der Waals surface area (Å²) in [5, 5.41) is 5.56. The van der Waals surface area contributed by atoms with Crippen LogP contribution in [0.15, 0.2) is 36.0 Å². The molecule has 0 aliphatic carbocycles. The third-order valence-electron chi connectivity index (χ3n) is 4.00. The maximum atomic E-state index is 5.76. The molecule has 0 spiro atoms. The molecular weight excluding hydrogens is 310 g/mol. The summed E-state index contributed by atoms with van der Waals surface area (Å²) in [6, 6.07) is 6.38. The lowest BCUT2D eigenvalue weighted by molar-refractivity contribution is 0.297. The van der Waals surface area contributed by atoms with Crippen LogP contribution in [0.4, 0.5) is 0 Å². The highest BCUT2D eigenvalue weighted by atomic mass is 32.1. The molecule has 1 unspecified atom stereocenters. The molecule has 1 aromatic carbocycles. The summed E-state index contributed by atoms with van der Waals surface area (Å²) in [5.74, 6) is 1.68. The summed E-state index contributed by atoms with van der Waals surface area (Å²) in [6.07, 6.45) is 5.03. The molecule has 0 amide bonds. The van der Waals surface area contributed by atoms with Gasteiger partial charge in [-0.3, -0.25) is 4.40 Å². The number of rotatable bonds is 4. The Hall–Kier alpha value is -2.05. The van der Waals surface area contributed by atoms with E-state index >= 15 is 0 Å². The quantitative estimate of drug-likeness (QED) is 0.797. The second-order valence-electron chi connectivity index (χ2n) is 5.68. The van der Waals surface area contributed by atoms with Gasteiger partial charge in [0.25, 0.3) is 0 Å². The fourth-order valence-electron chi connectivity index (χ4n) is 2.69. The molecule has 3 aromatic rings. The van der Waals surface area contributed by atoms with E-state index in [4.69, 9.17) is 9.47 Å². The predicted octanol–water partition coefficient (Wildman–Crippen LogP) is 3.41. The zero-order chi connectivity index (χ0) is 15.6. The summed E-state index contributed by atoms with van der Waals surface area (Å²) in [7, 11) is 0. The zero-order valence-electron chi connectivity index (χ0n) is 13.0. The smallest absolute Gasteiger partial charge is 0.193 e. The Bertz CT molecular complexity index is 783. The second-order valence-corrected chi connectivity index (χ2v) is 6.56. The van der Waals surface area contributed by atoms with Gasteiger partial charge in [-0.05, 0) is 24.6 Å². The highest BCUT2D eigenvalue weighted by molar-refractivity contribution is 7.15. The van der Waals surface area contributed by atoms with Crippen molar-refractivity contribution in [3.05, 3.63) is 47.2 Å². The van der Waals surface area contributed by atoms with Crippen molar-refractivity contribution in [1.82, 2.24) is 14.7 Å². The van der Waals surface area contributed by atoms with Crippen LogP contribution in [0.1, 0.15) is 30.6 Å². The molecule has 1 N–H and O–H groups in total. The van der Waals surface area contributed by atoms with E-state index in [0.29, 0.717) is 6.61 Å². The third-order valence-corrected chi connectivity index (χ3v) is 4.77. The van der Waals surface area contributed by atoms with Crippen molar-refractivity contribution in [2.24, 2.45) is 0 Å². The lowest BCUT2D eigenvalue weighted by Gasteiger charge is -2.16. The van der Waals surface area contributed by atoms with Crippen molar-refractivity contribution < 1.29 is 9.47 Å². The van der Waals surface area contributed by atoms with Crippen molar-refractivity contribution in [3.63, 3.8) is 0 Å². The molecule has 5 nitrogen and oxygen atoms in total. The summed E-state index contributed by atoms with van der Waals surface area (Å²) < 4.78 is 13.5. The van der Waals surface area contributed by atoms with Crippen molar-refractivity contribution in [3.8, 4) is 11.5 Å². The molecule has 0 radical (unpaired) electrons. The van der Waals surface area contributed by atoms with Crippen molar-refractivity contribution >= 4 is 16.3 Å². The van der Waals surface area contributed by atoms with Gasteiger partial charge < -0.3 is 14.8 Å². The number of imidazole rings is 1. The molecule has 120 valence electrons. The molecule has 0 saturated heterocycles. The van der Waals surface area contributed by atoms with Gasteiger partial charge in [0, 0.05) is 36.8 Å². The van der Waals surface area contributed by atoms with Crippen molar-refractivity contribution in [1.29, 1.82) is 0 Å². The van der Waals surface area contributed by atoms with E-state index in [0.717, 1.165) is 41.7 Å². The van der Waals surface area contributed by atoms with Gasteiger partial charge in [0.15, 0.2) is 16.5 Å². The summed E-state index contributed by atoms with van der Waals surface area (Å²) >= 11 is 1.65. The van der Waals surface area contributed by atoms with Gasteiger partial charge in [-0.25, -0.2) is 4.98 Å². The van der Waals surface area contributed by atoms with Gasteiger partial charge in [-0.15, -0.1) is 11.3 Å². The minimum atomic E-state index is 0.215. The summed E-state index contributed by atoms with van der Waals surface area (Å²) in [6.45, 7) is 4.32. The Kier molecular flexibility index (Phi) is 3.93. The number of ether oxygens (including phenoxy) is 2. The number of hydrogen-bond donors (Lipinski definition) is 1. The number of aromatic nitrogens is 2. The van der Waals surface area contributed by atoms with E-state index in [2.05, 4.69) is 40.0 Å². The Morgan fingerprint density at radius 3 is 3.04 bits per heavy atom. The molecule has 1 aliphatic rings. The van der Waals surface area contributed by atoms with Gasteiger partial charge in [0.05, 0.1) is 18.9 Å². The van der Waals surface area contributed by atoms with E-state index in [1.165, 1.54) is 5.56 Å². The average Bonchev–Trinajstić information content (AvgIpc) is 3.06. The van der Waals surface area contributed by atoms with E-state index in [1.807, 2.05) is 17.6 Å². The molecule has 4 rings (SSSR count). The maximum absolute atomic E-state index is 5.76. The standard InChI is InChI=1S/C17H19N3O2S/c1-12(18-10-14-11-20-5-8-23-17(20)19-14)13-3-4-15-16(9-13)22-7-2-6-21-15/h3-5,8-9,11-12,18H,2,6-7,10H2,1H3. The fraction of sp³-hybridized carbons (Fsp3) is 0.353. The lowest BCUT2D eigenvalue weighted by Crippen LogP contribution is -2.18. The van der Waals surface area contributed by atoms with E-state index in [1.54, 1.807) is 11.3 Å². The minimum Gasteiger partial charge on any atom is -0.490 e. The number of nitrogens with one attached hydrogen (secondary N) is 1. The van der Waals surface area contributed by atoms with Crippen LogP contribution in [0.3, 0.4) is 0 Å². The van der Waals surface area contributed by atoms with Gasteiger partial charge in [-0.2, -0.15) is 0 Å². The van der Waals surface area contributed by atoms with Crippen molar-refractivity contribution in [2.45, 2.75) is 25.9 Å². The topological polar surface area (TPSA) is 47.8 Å². The number of benzene rings is 1. The first-order chi connectivity index (χ1) is 11.3. The first-order valence-electron chi connectivity index (χ1n) is 7.83. The number of fused-ring (bicyclic) bond motifs is 2. The van der Waals surface area contributed by atoms with Crippen LogP contribution in [-0.4, -0.2) is 22.6 Å². The molecule has 6 heteroatoms. The fourth-order valence-corrected chi connectivity index (χ4v) is 3.40. The van der Waals surface area contributed by atoms with Crippen LogP contribution < -0.4 is 14.8 Å². The lowest BCUT2D eigenvalue weighted by atomic mass is 10.1. The molecule has 0 fully saturated rings. The highest BCUT2D eigenvalue weighted by Gasteiger charge is 2.14. The molecule has 0 saturated carbocycles. The Morgan fingerprint density at radius 1 is 1.30 bits per heavy atom.